The van der Waals surface area contributed by atoms with Gasteiger partial charge in [-0.05, 0) is 23.9 Å². The van der Waals surface area contributed by atoms with Crippen molar-refractivity contribution < 1.29 is 4.39 Å². The molecule has 0 radical (unpaired) electrons. The van der Waals surface area contributed by atoms with Gasteiger partial charge in [-0.1, -0.05) is 30.3 Å². The van der Waals surface area contributed by atoms with Crippen LogP contribution >= 0.6 is 11.3 Å². The SMILES string of the molecule is Cc1sccc1C(F)(CN)c1ccccc1. The molecule has 2 N–H and O–H groups in total. The smallest absolute Gasteiger partial charge is 0.174 e. The fourth-order valence-electron chi connectivity index (χ4n) is 1.88. The highest BCUT2D eigenvalue weighted by atomic mass is 32.1. The zero-order valence-corrected chi connectivity index (χ0v) is 9.93. The molecule has 1 atom stereocenters. The van der Waals surface area contributed by atoms with Crippen LogP contribution < -0.4 is 5.73 Å². The lowest BCUT2D eigenvalue weighted by molar-refractivity contribution is 0.232. The van der Waals surface area contributed by atoms with E-state index in [9.17, 15) is 4.39 Å². The molecule has 1 nitrogen and oxygen atoms in total. The number of rotatable bonds is 3. The fourth-order valence-corrected chi connectivity index (χ4v) is 2.65. The number of benzene rings is 1. The summed E-state index contributed by atoms with van der Waals surface area (Å²) in [7, 11) is 0. The van der Waals surface area contributed by atoms with Crippen LogP contribution in [0.2, 0.25) is 0 Å². The molecule has 16 heavy (non-hydrogen) atoms. The molecule has 1 aromatic heterocycles. The van der Waals surface area contributed by atoms with Crippen LogP contribution in [0.5, 0.6) is 0 Å². The largest absolute Gasteiger partial charge is 0.327 e. The minimum atomic E-state index is -1.56. The molecule has 3 heteroatoms. The topological polar surface area (TPSA) is 26.0 Å². The van der Waals surface area contributed by atoms with E-state index in [1.165, 1.54) is 0 Å². The number of hydrogen-bond donors (Lipinski definition) is 1. The predicted octanol–water partition coefficient (Wildman–Crippen LogP) is 3.23. The summed E-state index contributed by atoms with van der Waals surface area (Å²) in [5, 5.41) is 1.90. The number of nitrogens with two attached hydrogens (primary N) is 1. The molecule has 0 aliphatic heterocycles. The summed E-state index contributed by atoms with van der Waals surface area (Å²) in [4.78, 5) is 0.983. The standard InChI is InChI=1S/C13H14FNS/c1-10-12(7-8-16-10)13(14,9-15)11-5-3-2-4-6-11/h2-8H,9,15H2,1H3. The quantitative estimate of drug-likeness (QED) is 0.868. The molecule has 0 aliphatic rings. The molecule has 0 saturated heterocycles. The van der Waals surface area contributed by atoms with Gasteiger partial charge in [0, 0.05) is 17.0 Å². The monoisotopic (exact) mass is 235 g/mol. The van der Waals surface area contributed by atoms with Crippen LogP contribution in [-0.4, -0.2) is 6.54 Å². The molecule has 2 aromatic rings. The van der Waals surface area contributed by atoms with Gasteiger partial charge in [0.2, 0.25) is 0 Å². The van der Waals surface area contributed by atoms with Crippen LogP contribution in [0.3, 0.4) is 0 Å². The molecule has 84 valence electrons. The zero-order chi connectivity index (χ0) is 11.6. The predicted molar refractivity (Wildman–Crippen MR) is 66.4 cm³/mol. The van der Waals surface area contributed by atoms with Crippen LogP contribution in [-0.2, 0) is 5.67 Å². The summed E-state index contributed by atoms with van der Waals surface area (Å²) in [6.45, 7) is 1.89. The lowest BCUT2D eigenvalue weighted by atomic mass is 9.88. The van der Waals surface area contributed by atoms with E-state index in [4.69, 9.17) is 5.73 Å². The van der Waals surface area contributed by atoms with Gasteiger partial charge in [0.15, 0.2) is 5.67 Å². The van der Waals surface area contributed by atoms with Gasteiger partial charge in [0.1, 0.15) is 0 Å². The van der Waals surface area contributed by atoms with E-state index in [0.29, 0.717) is 11.1 Å². The minimum Gasteiger partial charge on any atom is -0.327 e. The first kappa shape index (κ1) is 11.3. The van der Waals surface area contributed by atoms with E-state index in [0.717, 1.165) is 4.88 Å². The summed E-state index contributed by atoms with van der Waals surface area (Å²) < 4.78 is 15.0. The molecule has 2 rings (SSSR count). The van der Waals surface area contributed by atoms with E-state index in [-0.39, 0.29) is 6.54 Å². The van der Waals surface area contributed by atoms with Crippen molar-refractivity contribution in [3.05, 3.63) is 57.8 Å². The summed E-state index contributed by atoms with van der Waals surface area (Å²) >= 11 is 1.55. The van der Waals surface area contributed by atoms with Crippen molar-refractivity contribution in [1.82, 2.24) is 0 Å². The second-order valence-electron chi connectivity index (χ2n) is 3.76. The van der Waals surface area contributed by atoms with Crippen molar-refractivity contribution in [2.45, 2.75) is 12.6 Å². The fraction of sp³-hybridized carbons (Fsp3) is 0.231. The molecule has 0 saturated carbocycles. The lowest BCUT2D eigenvalue weighted by Crippen LogP contribution is -2.31. The van der Waals surface area contributed by atoms with Gasteiger partial charge in [-0.15, -0.1) is 11.3 Å². The zero-order valence-electron chi connectivity index (χ0n) is 9.11. The van der Waals surface area contributed by atoms with Gasteiger partial charge in [-0.25, -0.2) is 4.39 Å². The molecule has 0 aliphatic carbocycles. The Morgan fingerprint density at radius 2 is 1.94 bits per heavy atom. The van der Waals surface area contributed by atoms with E-state index in [1.54, 1.807) is 23.5 Å². The van der Waals surface area contributed by atoms with Crippen molar-refractivity contribution in [2.24, 2.45) is 5.73 Å². The highest BCUT2D eigenvalue weighted by Crippen LogP contribution is 2.36. The Balaban J connectivity index is 2.53. The third-order valence-electron chi connectivity index (χ3n) is 2.80. The maximum absolute atomic E-state index is 15.0. The Hall–Kier alpha value is -1.19. The first-order valence-corrected chi connectivity index (χ1v) is 6.05. The molecule has 1 aromatic carbocycles. The molecule has 1 unspecified atom stereocenters. The Kier molecular flexibility index (Phi) is 3.08. The molecule has 0 bridgehead atoms. The van der Waals surface area contributed by atoms with Crippen LogP contribution in [0.25, 0.3) is 0 Å². The van der Waals surface area contributed by atoms with Gasteiger partial charge in [0.25, 0.3) is 0 Å². The molecule has 1 heterocycles. The number of thiophene rings is 1. The van der Waals surface area contributed by atoms with Crippen molar-refractivity contribution in [3.8, 4) is 0 Å². The summed E-state index contributed by atoms with van der Waals surface area (Å²) in [6.07, 6.45) is 0. The number of halogens is 1. The molecular formula is C13H14FNS. The summed E-state index contributed by atoms with van der Waals surface area (Å²) in [6, 6.07) is 10.9. The van der Waals surface area contributed by atoms with Crippen molar-refractivity contribution >= 4 is 11.3 Å². The highest BCUT2D eigenvalue weighted by Gasteiger charge is 2.34. The van der Waals surface area contributed by atoms with Gasteiger partial charge in [-0.2, -0.15) is 0 Å². The summed E-state index contributed by atoms with van der Waals surface area (Å²) in [5.74, 6) is 0. The van der Waals surface area contributed by atoms with Gasteiger partial charge in [-0.3, -0.25) is 0 Å². The molecule has 0 spiro atoms. The second-order valence-corrected chi connectivity index (χ2v) is 4.88. The minimum absolute atomic E-state index is 0.0331. The highest BCUT2D eigenvalue weighted by molar-refractivity contribution is 7.10. The molecular weight excluding hydrogens is 221 g/mol. The second kappa shape index (κ2) is 4.36. The summed E-state index contributed by atoms with van der Waals surface area (Å²) in [5.41, 5.74) is 5.38. The van der Waals surface area contributed by atoms with E-state index in [1.807, 2.05) is 36.6 Å². The number of aryl methyl sites for hydroxylation is 1. The third-order valence-corrected chi connectivity index (χ3v) is 3.64. The van der Waals surface area contributed by atoms with E-state index in [2.05, 4.69) is 0 Å². The van der Waals surface area contributed by atoms with Crippen molar-refractivity contribution in [1.29, 1.82) is 0 Å². The Morgan fingerprint density at radius 1 is 1.25 bits per heavy atom. The average molecular weight is 235 g/mol. The molecule has 0 amide bonds. The van der Waals surface area contributed by atoms with Gasteiger partial charge < -0.3 is 5.73 Å². The first-order chi connectivity index (χ1) is 7.68. The van der Waals surface area contributed by atoms with Crippen LogP contribution in [0, 0.1) is 6.92 Å². The maximum atomic E-state index is 15.0. The third kappa shape index (κ3) is 1.77. The lowest BCUT2D eigenvalue weighted by Gasteiger charge is -2.24. The van der Waals surface area contributed by atoms with Crippen LogP contribution in [0.15, 0.2) is 41.8 Å². The first-order valence-electron chi connectivity index (χ1n) is 5.17. The van der Waals surface area contributed by atoms with Crippen molar-refractivity contribution in [3.63, 3.8) is 0 Å². The average Bonchev–Trinajstić information content (AvgIpc) is 2.76. The van der Waals surface area contributed by atoms with Crippen LogP contribution in [0.1, 0.15) is 16.0 Å². The maximum Gasteiger partial charge on any atom is 0.174 e. The number of alkyl halides is 1. The Labute approximate surface area is 98.7 Å². The van der Waals surface area contributed by atoms with Gasteiger partial charge >= 0.3 is 0 Å². The van der Waals surface area contributed by atoms with Gasteiger partial charge in [0.05, 0.1) is 0 Å². The van der Waals surface area contributed by atoms with E-state index >= 15 is 0 Å². The molecule has 0 fully saturated rings. The van der Waals surface area contributed by atoms with E-state index < -0.39 is 5.67 Å². The Morgan fingerprint density at radius 3 is 2.44 bits per heavy atom. The normalized spacial score (nSPS) is 14.7. The van der Waals surface area contributed by atoms with Crippen molar-refractivity contribution in [2.75, 3.05) is 6.54 Å². The Bertz CT molecular complexity index is 466. The van der Waals surface area contributed by atoms with Crippen LogP contribution in [0.4, 0.5) is 4.39 Å². The number of hydrogen-bond acceptors (Lipinski definition) is 2.